The molecule has 0 unspecified atom stereocenters. The highest BCUT2D eigenvalue weighted by molar-refractivity contribution is 5.26. The molecule has 0 aromatic carbocycles. The van der Waals surface area contributed by atoms with Crippen molar-refractivity contribution >= 4 is 0 Å². The van der Waals surface area contributed by atoms with E-state index in [-0.39, 0.29) is 18.2 Å². The van der Waals surface area contributed by atoms with Crippen LogP contribution in [0.25, 0.3) is 0 Å². The molecule has 0 N–H and O–H groups in total. The van der Waals surface area contributed by atoms with Crippen molar-refractivity contribution in [2.24, 2.45) is 0 Å². The van der Waals surface area contributed by atoms with Crippen molar-refractivity contribution in [3.05, 3.63) is 36.0 Å². The zero-order valence-electron chi connectivity index (χ0n) is 8.14. The fourth-order valence-corrected chi connectivity index (χ4v) is 1.02. The first-order valence-electron chi connectivity index (χ1n) is 4.23. The third kappa shape index (κ3) is 3.27. The number of hydrogen-bond donors (Lipinski definition) is 0. The molecular weight excluding hydrogens is 207 g/mol. The Morgan fingerprint density at radius 3 is 2.67 bits per heavy atom. The number of ether oxygens (including phenoxy) is 1. The second-order valence-electron chi connectivity index (χ2n) is 2.93. The van der Waals surface area contributed by atoms with Crippen LogP contribution in [0.3, 0.4) is 0 Å². The van der Waals surface area contributed by atoms with E-state index < -0.39 is 11.7 Å². The predicted molar refractivity (Wildman–Crippen MR) is 49.7 cm³/mol. The molecule has 0 atom stereocenters. The Morgan fingerprint density at radius 2 is 2.13 bits per heavy atom. The van der Waals surface area contributed by atoms with Gasteiger partial charge in [0.1, 0.15) is 6.61 Å². The van der Waals surface area contributed by atoms with Gasteiger partial charge >= 0.3 is 6.18 Å². The maximum absolute atomic E-state index is 12.4. The summed E-state index contributed by atoms with van der Waals surface area (Å²) < 4.78 is 42.0. The number of aromatic nitrogens is 1. The molecule has 0 bridgehead atoms. The van der Waals surface area contributed by atoms with Gasteiger partial charge in [-0.1, -0.05) is 12.7 Å². The second-order valence-corrected chi connectivity index (χ2v) is 2.93. The summed E-state index contributed by atoms with van der Waals surface area (Å²) >= 11 is 0. The first-order chi connectivity index (χ1) is 6.93. The van der Waals surface area contributed by atoms with E-state index in [0.29, 0.717) is 0 Å². The lowest BCUT2D eigenvalue weighted by molar-refractivity contribution is -0.137. The SMILES string of the molecule is C=CCOc1cc(C(F)(F)F)cc(C)n1. The Balaban J connectivity index is 3.00. The second kappa shape index (κ2) is 4.33. The lowest BCUT2D eigenvalue weighted by Gasteiger charge is -2.09. The number of hydrogen-bond acceptors (Lipinski definition) is 2. The topological polar surface area (TPSA) is 22.1 Å². The molecule has 5 heteroatoms. The molecule has 1 heterocycles. The molecule has 1 aromatic rings. The average molecular weight is 217 g/mol. The Morgan fingerprint density at radius 1 is 1.47 bits per heavy atom. The lowest BCUT2D eigenvalue weighted by Crippen LogP contribution is -2.07. The highest BCUT2D eigenvalue weighted by atomic mass is 19.4. The zero-order chi connectivity index (χ0) is 11.5. The number of aryl methyl sites for hydroxylation is 1. The van der Waals surface area contributed by atoms with Crippen LogP contribution in [0.2, 0.25) is 0 Å². The monoisotopic (exact) mass is 217 g/mol. The number of rotatable bonds is 3. The van der Waals surface area contributed by atoms with Crippen LogP contribution >= 0.6 is 0 Å². The van der Waals surface area contributed by atoms with E-state index in [1.807, 2.05) is 0 Å². The maximum atomic E-state index is 12.4. The minimum atomic E-state index is -4.38. The van der Waals surface area contributed by atoms with Gasteiger partial charge < -0.3 is 4.74 Å². The highest BCUT2D eigenvalue weighted by Crippen LogP contribution is 2.31. The van der Waals surface area contributed by atoms with Gasteiger partial charge in [-0.15, -0.1) is 0 Å². The molecule has 1 aromatic heterocycles. The summed E-state index contributed by atoms with van der Waals surface area (Å²) in [5.41, 5.74) is -0.488. The summed E-state index contributed by atoms with van der Waals surface area (Å²) in [5.74, 6) is -0.0396. The minimum Gasteiger partial charge on any atom is -0.473 e. The fourth-order valence-electron chi connectivity index (χ4n) is 1.02. The first-order valence-corrected chi connectivity index (χ1v) is 4.23. The molecule has 15 heavy (non-hydrogen) atoms. The molecule has 82 valence electrons. The summed E-state index contributed by atoms with van der Waals surface area (Å²) in [7, 11) is 0. The molecule has 0 saturated carbocycles. The number of pyridine rings is 1. The third-order valence-electron chi connectivity index (χ3n) is 1.61. The molecule has 0 saturated heterocycles. The number of nitrogens with zero attached hydrogens (tertiary/aromatic N) is 1. The summed E-state index contributed by atoms with van der Waals surface area (Å²) in [6.07, 6.45) is -2.93. The molecular formula is C10H10F3NO. The van der Waals surface area contributed by atoms with Crippen LogP contribution in [0.5, 0.6) is 5.88 Å². The Labute approximate surface area is 85.4 Å². The molecule has 1 rings (SSSR count). The van der Waals surface area contributed by atoms with Crippen LogP contribution < -0.4 is 4.74 Å². The van der Waals surface area contributed by atoms with Crippen molar-refractivity contribution in [2.75, 3.05) is 6.61 Å². The predicted octanol–water partition coefficient (Wildman–Crippen LogP) is 2.97. The molecule has 0 amide bonds. The Kier molecular flexibility index (Phi) is 3.34. The zero-order valence-corrected chi connectivity index (χ0v) is 8.14. The van der Waals surface area contributed by atoms with E-state index >= 15 is 0 Å². The Hall–Kier alpha value is -1.52. The highest BCUT2D eigenvalue weighted by Gasteiger charge is 2.31. The molecule has 0 aliphatic rings. The molecule has 2 nitrogen and oxygen atoms in total. The lowest BCUT2D eigenvalue weighted by atomic mass is 10.2. The largest absolute Gasteiger partial charge is 0.473 e. The fraction of sp³-hybridized carbons (Fsp3) is 0.300. The van der Waals surface area contributed by atoms with Crippen LogP contribution in [-0.4, -0.2) is 11.6 Å². The van der Waals surface area contributed by atoms with E-state index in [4.69, 9.17) is 4.74 Å². The van der Waals surface area contributed by atoms with Crippen molar-refractivity contribution in [3.63, 3.8) is 0 Å². The summed E-state index contributed by atoms with van der Waals surface area (Å²) in [4.78, 5) is 3.81. The molecule has 0 spiro atoms. The summed E-state index contributed by atoms with van der Waals surface area (Å²) in [6, 6.07) is 1.84. The number of alkyl halides is 3. The van der Waals surface area contributed by atoms with Crippen LogP contribution in [0.1, 0.15) is 11.3 Å². The van der Waals surface area contributed by atoms with Crippen LogP contribution in [0.4, 0.5) is 13.2 Å². The van der Waals surface area contributed by atoms with Gasteiger partial charge in [-0.2, -0.15) is 13.2 Å². The molecule has 0 fully saturated rings. The van der Waals surface area contributed by atoms with Crippen molar-refractivity contribution in [1.29, 1.82) is 0 Å². The van der Waals surface area contributed by atoms with Crippen LogP contribution in [0.15, 0.2) is 24.8 Å². The first kappa shape index (κ1) is 11.6. The average Bonchev–Trinajstić information content (AvgIpc) is 2.12. The van der Waals surface area contributed by atoms with Gasteiger partial charge in [0.05, 0.1) is 5.56 Å². The standard InChI is InChI=1S/C10H10F3NO/c1-3-4-15-9-6-8(10(11,12)13)5-7(2)14-9/h3,5-6H,1,4H2,2H3. The van der Waals surface area contributed by atoms with E-state index in [1.54, 1.807) is 0 Å². The molecule has 0 radical (unpaired) electrons. The van der Waals surface area contributed by atoms with Gasteiger partial charge in [-0.3, -0.25) is 0 Å². The van der Waals surface area contributed by atoms with Crippen molar-refractivity contribution in [3.8, 4) is 5.88 Å². The quantitative estimate of drug-likeness (QED) is 0.726. The number of halogens is 3. The Bertz CT molecular complexity index is 360. The summed E-state index contributed by atoms with van der Waals surface area (Å²) in [6.45, 7) is 5.01. The molecule has 0 aliphatic heterocycles. The molecule has 0 aliphatic carbocycles. The van der Waals surface area contributed by atoms with Gasteiger partial charge in [0.2, 0.25) is 5.88 Å². The van der Waals surface area contributed by atoms with Crippen LogP contribution in [-0.2, 0) is 6.18 Å². The van der Waals surface area contributed by atoms with Crippen molar-refractivity contribution in [1.82, 2.24) is 4.98 Å². The van der Waals surface area contributed by atoms with E-state index in [0.717, 1.165) is 12.1 Å². The normalized spacial score (nSPS) is 11.2. The van der Waals surface area contributed by atoms with Gasteiger partial charge in [-0.05, 0) is 13.0 Å². The van der Waals surface area contributed by atoms with Gasteiger partial charge in [0.15, 0.2) is 0 Å². The smallest absolute Gasteiger partial charge is 0.416 e. The minimum absolute atomic E-state index is 0.0396. The van der Waals surface area contributed by atoms with E-state index in [9.17, 15) is 13.2 Å². The van der Waals surface area contributed by atoms with Gasteiger partial charge in [0.25, 0.3) is 0 Å². The third-order valence-corrected chi connectivity index (χ3v) is 1.61. The van der Waals surface area contributed by atoms with Crippen molar-refractivity contribution < 1.29 is 17.9 Å². The van der Waals surface area contributed by atoms with E-state index in [2.05, 4.69) is 11.6 Å². The van der Waals surface area contributed by atoms with Crippen LogP contribution in [0, 0.1) is 6.92 Å². The van der Waals surface area contributed by atoms with Gasteiger partial charge in [0, 0.05) is 11.8 Å². The maximum Gasteiger partial charge on any atom is 0.416 e. The van der Waals surface area contributed by atoms with E-state index in [1.165, 1.54) is 13.0 Å². The summed E-state index contributed by atoms with van der Waals surface area (Å²) in [5, 5.41) is 0. The van der Waals surface area contributed by atoms with Crippen molar-refractivity contribution in [2.45, 2.75) is 13.1 Å². The van der Waals surface area contributed by atoms with Gasteiger partial charge in [-0.25, -0.2) is 4.98 Å².